The van der Waals surface area contributed by atoms with Crippen molar-refractivity contribution in [3.8, 4) is 0 Å². The number of nitrogen functional groups attached to an aromatic ring is 1. The normalized spacial score (nSPS) is 16.9. The summed E-state index contributed by atoms with van der Waals surface area (Å²) in [5.74, 6) is 7.64. The third kappa shape index (κ3) is 2.26. The molecule has 1 aliphatic carbocycles. The maximum absolute atomic E-state index is 5.40. The fourth-order valence-electron chi connectivity index (χ4n) is 2.18. The Balaban J connectivity index is 2.28. The highest BCUT2D eigenvalue weighted by molar-refractivity contribution is 5.35. The molecule has 1 aromatic rings. The number of rotatable bonds is 3. The van der Waals surface area contributed by atoms with E-state index >= 15 is 0 Å². The van der Waals surface area contributed by atoms with Crippen molar-refractivity contribution in [3.05, 3.63) is 17.6 Å². The van der Waals surface area contributed by atoms with Crippen molar-refractivity contribution in [3.63, 3.8) is 0 Å². The van der Waals surface area contributed by atoms with Crippen molar-refractivity contribution in [1.29, 1.82) is 0 Å². The standard InChI is InChI=1S/C11H18N4/c1-2-10-13-9(7-11(14-10)15-12)8-5-3-4-6-8/h7-8H,2-6,12H2,1H3,(H,13,14,15). The molecule has 0 aliphatic heterocycles. The summed E-state index contributed by atoms with van der Waals surface area (Å²) < 4.78 is 0. The van der Waals surface area contributed by atoms with Crippen LogP contribution in [-0.2, 0) is 6.42 Å². The Morgan fingerprint density at radius 1 is 1.40 bits per heavy atom. The number of aromatic nitrogens is 2. The lowest BCUT2D eigenvalue weighted by molar-refractivity contribution is 0.685. The van der Waals surface area contributed by atoms with Crippen LogP contribution in [0.2, 0.25) is 0 Å². The Morgan fingerprint density at radius 2 is 2.13 bits per heavy atom. The van der Waals surface area contributed by atoms with Crippen LogP contribution in [0, 0.1) is 0 Å². The van der Waals surface area contributed by atoms with E-state index in [1.807, 2.05) is 6.07 Å². The SMILES string of the molecule is CCc1nc(NN)cc(C2CCCC2)n1. The average molecular weight is 206 g/mol. The largest absolute Gasteiger partial charge is 0.308 e. The molecule has 0 radical (unpaired) electrons. The third-order valence-electron chi connectivity index (χ3n) is 3.03. The third-order valence-corrected chi connectivity index (χ3v) is 3.03. The average Bonchev–Trinajstić information content (AvgIpc) is 2.81. The van der Waals surface area contributed by atoms with Crippen LogP contribution in [0.1, 0.15) is 50.0 Å². The van der Waals surface area contributed by atoms with Gasteiger partial charge in [0.05, 0.1) is 0 Å². The Labute approximate surface area is 90.3 Å². The van der Waals surface area contributed by atoms with E-state index in [2.05, 4.69) is 22.3 Å². The van der Waals surface area contributed by atoms with Crippen molar-refractivity contribution < 1.29 is 0 Å². The predicted molar refractivity (Wildman–Crippen MR) is 60.4 cm³/mol. The van der Waals surface area contributed by atoms with Gasteiger partial charge in [-0.2, -0.15) is 0 Å². The molecule has 1 fully saturated rings. The monoisotopic (exact) mass is 206 g/mol. The van der Waals surface area contributed by atoms with Crippen molar-refractivity contribution in [2.45, 2.75) is 44.9 Å². The van der Waals surface area contributed by atoms with Crippen LogP contribution < -0.4 is 11.3 Å². The molecule has 1 aliphatic rings. The molecule has 15 heavy (non-hydrogen) atoms. The van der Waals surface area contributed by atoms with Crippen LogP contribution in [0.25, 0.3) is 0 Å². The maximum Gasteiger partial charge on any atom is 0.143 e. The first-order valence-corrected chi connectivity index (χ1v) is 5.68. The van der Waals surface area contributed by atoms with Crippen molar-refractivity contribution in [2.75, 3.05) is 5.43 Å². The lowest BCUT2D eigenvalue weighted by Crippen LogP contribution is -2.12. The van der Waals surface area contributed by atoms with E-state index in [0.29, 0.717) is 5.92 Å². The summed E-state index contributed by atoms with van der Waals surface area (Å²) >= 11 is 0. The van der Waals surface area contributed by atoms with E-state index in [4.69, 9.17) is 5.84 Å². The zero-order valence-corrected chi connectivity index (χ0v) is 9.16. The highest BCUT2D eigenvalue weighted by atomic mass is 15.3. The quantitative estimate of drug-likeness (QED) is 0.586. The number of nitrogens with zero attached hydrogens (tertiary/aromatic N) is 2. The summed E-state index contributed by atoms with van der Waals surface area (Å²) in [5, 5.41) is 0. The van der Waals surface area contributed by atoms with E-state index in [1.165, 1.54) is 25.7 Å². The van der Waals surface area contributed by atoms with Crippen LogP contribution in [0.15, 0.2) is 6.07 Å². The van der Waals surface area contributed by atoms with Gasteiger partial charge in [0, 0.05) is 24.1 Å². The number of nitrogens with two attached hydrogens (primary N) is 1. The van der Waals surface area contributed by atoms with Gasteiger partial charge in [-0.25, -0.2) is 15.8 Å². The minimum atomic E-state index is 0.616. The first kappa shape index (κ1) is 10.4. The van der Waals surface area contributed by atoms with Gasteiger partial charge < -0.3 is 5.43 Å². The molecule has 0 atom stereocenters. The van der Waals surface area contributed by atoms with E-state index in [0.717, 1.165) is 23.8 Å². The topological polar surface area (TPSA) is 63.8 Å². The molecule has 1 saturated carbocycles. The Bertz CT molecular complexity index is 309. The molecule has 0 unspecified atom stereocenters. The molecule has 0 aromatic carbocycles. The first-order chi connectivity index (χ1) is 7.33. The smallest absolute Gasteiger partial charge is 0.143 e. The van der Waals surface area contributed by atoms with E-state index < -0.39 is 0 Å². The second-order valence-corrected chi connectivity index (χ2v) is 4.07. The van der Waals surface area contributed by atoms with Crippen molar-refractivity contribution in [2.24, 2.45) is 5.84 Å². The zero-order chi connectivity index (χ0) is 10.7. The number of anilines is 1. The van der Waals surface area contributed by atoms with Crippen LogP contribution >= 0.6 is 0 Å². The number of hydrogen-bond acceptors (Lipinski definition) is 4. The Hall–Kier alpha value is -1.16. The van der Waals surface area contributed by atoms with Gasteiger partial charge in [-0.15, -0.1) is 0 Å². The molecular weight excluding hydrogens is 188 g/mol. The molecule has 4 nitrogen and oxygen atoms in total. The highest BCUT2D eigenvalue weighted by Crippen LogP contribution is 2.33. The zero-order valence-electron chi connectivity index (χ0n) is 9.16. The number of hydrogen-bond donors (Lipinski definition) is 2. The minimum absolute atomic E-state index is 0.616. The molecule has 4 heteroatoms. The van der Waals surface area contributed by atoms with Gasteiger partial charge in [0.2, 0.25) is 0 Å². The molecule has 2 rings (SSSR count). The summed E-state index contributed by atoms with van der Waals surface area (Å²) in [6.45, 7) is 2.06. The van der Waals surface area contributed by atoms with Crippen LogP contribution in [0.4, 0.5) is 5.82 Å². The number of aryl methyl sites for hydroxylation is 1. The van der Waals surface area contributed by atoms with Gasteiger partial charge >= 0.3 is 0 Å². The molecule has 1 aromatic heterocycles. The lowest BCUT2D eigenvalue weighted by Gasteiger charge is -2.11. The predicted octanol–water partition coefficient (Wildman–Crippen LogP) is 1.98. The number of nitrogens with one attached hydrogen (secondary N) is 1. The van der Waals surface area contributed by atoms with Crippen molar-refractivity contribution in [1.82, 2.24) is 9.97 Å². The Kier molecular flexibility index (Phi) is 3.16. The summed E-state index contributed by atoms with van der Waals surface area (Å²) in [6, 6.07) is 1.98. The fourth-order valence-corrected chi connectivity index (χ4v) is 2.18. The van der Waals surface area contributed by atoms with E-state index in [9.17, 15) is 0 Å². The van der Waals surface area contributed by atoms with E-state index in [1.54, 1.807) is 0 Å². The first-order valence-electron chi connectivity index (χ1n) is 5.68. The molecule has 0 spiro atoms. The van der Waals surface area contributed by atoms with Gasteiger partial charge in [0.15, 0.2) is 0 Å². The molecule has 0 bridgehead atoms. The van der Waals surface area contributed by atoms with Crippen LogP contribution in [0.3, 0.4) is 0 Å². The molecule has 0 saturated heterocycles. The van der Waals surface area contributed by atoms with E-state index in [-0.39, 0.29) is 0 Å². The molecule has 3 N–H and O–H groups in total. The Morgan fingerprint density at radius 3 is 2.73 bits per heavy atom. The van der Waals surface area contributed by atoms with Gasteiger partial charge in [-0.1, -0.05) is 19.8 Å². The summed E-state index contributed by atoms with van der Waals surface area (Å²) in [4.78, 5) is 8.87. The number of hydrazine groups is 1. The van der Waals surface area contributed by atoms with Crippen LogP contribution in [0.5, 0.6) is 0 Å². The summed E-state index contributed by atoms with van der Waals surface area (Å²) in [7, 11) is 0. The van der Waals surface area contributed by atoms with Gasteiger partial charge in [0.25, 0.3) is 0 Å². The lowest BCUT2D eigenvalue weighted by atomic mass is 10.0. The van der Waals surface area contributed by atoms with Gasteiger partial charge in [-0.3, -0.25) is 0 Å². The van der Waals surface area contributed by atoms with Gasteiger partial charge in [-0.05, 0) is 12.8 Å². The second-order valence-electron chi connectivity index (χ2n) is 4.07. The molecule has 0 amide bonds. The molecule has 1 heterocycles. The molecule has 82 valence electrons. The van der Waals surface area contributed by atoms with Crippen molar-refractivity contribution >= 4 is 5.82 Å². The second kappa shape index (κ2) is 4.57. The summed E-state index contributed by atoms with van der Waals surface area (Å²) in [6.07, 6.45) is 6.01. The molecular formula is C11H18N4. The minimum Gasteiger partial charge on any atom is -0.308 e. The fraction of sp³-hybridized carbons (Fsp3) is 0.636. The van der Waals surface area contributed by atoms with Crippen LogP contribution in [-0.4, -0.2) is 9.97 Å². The maximum atomic E-state index is 5.40. The highest BCUT2D eigenvalue weighted by Gasteiger charge is 2.19. The van der Waals surface area contributed by atoms with Gasteiger partial charge in [0.1, 0.15) is 11.6 Å². The summed E-state index contributed by atoms with van der Waals surface area (Å²) in [5.41, 5.74) is 3.77.